The lowest BCUT2D eigenvalue weighted by Gasteiger charge is -2.31. The van der Waals surface area contributed by atoms with Gasteiger partial charge in [-0.1, -0.05) is 51.5 Å². The van der Waals surface area contributed by atoms with E-state index in [-0.39, 0.29) is 35.4 Å². The van der Waals surface area contributed by atoms with Gasteiger partial charge in [0.15, 0.2) is 11.5 Å². The molecule has 0 aromatic heterocycles. The van der Waals surface area contributed by atoms with Crippen LogP contribution in [-0.2, 0) is 11.2 Å². The van der Waals surface area contributed by atoms with Crippen LogP contribution in [0.3, 0.4) is 0 Å². The van der Waals surface area contributed by atoms with Gasteiger partial charge in [0.2, 0.25) is 0 Å². The molecule has 0 radical (unpaired) electrons. The number of carbonyl (C=O) groups excluding carboxylic acids is 1. The molecule has 3 rings (SSSR count). The van der Waals surface area contributed by atoms with Crippen LogP contribution in [0.5, 0.6) is 28.7 Å². The summed E-state index contributed by atoms with van der Waals surface area (Å²) in [6.45, 7) is 2.18. The molecule has 4 N–H and O–H groups in total. The third kappa shape index (κ3) is 6.07. The first-order chi connectivity index (χ1) is 15.4. The lowest BCUT2D eigenvalue weighted by molar-refractivity contribution is -0.134. The number of hydrogen-bond donors (Lipinski definition) is 4. The molecule has 174 valence electrons. The number of unbranched alkanes of at least 4 members (excludes halogenated alkanes) is 6. The lowest BCUT2D eigenvalue weighted by Crippen LogP contribution is -2.30. The number of carbonyl (C=O) groups is 1. The highest BCUT2D eigenvalue weighted by molar-refractivity contribution is 5.73. The van der Waals surface area contributed by atoms with E-state index in [2.05, 4.69) is 6.92 Å². The van der Waals surface area contributed by atoms with Crippen molar-refractivity contribution in [3.63, 3.8) is 0 Å². The van der Waals surface area contributed by atoms with Crippen molar-refractivity contribution in [3.8, 4) is 28.7 Å². The Hall–Kier alpha value is -2.93. The largest absolute Gasteiger partial charge is 0.507 e. The first kappa shape index (κ1) is 23.7. The summed E-state index contributed by atoms with van der Waals surface area (Å²) in [7, 11) is 0. The van der Waals surface area contributed by atoms with Crippen molar-refractivity contribution in [2.45, 2.75) is 76.9 Å². The summed E-state index contributed by atoms with van der Waals surface area (Å²) in [5, 5.41) is 40.1. The zero-order valence-electron chi connectivity index (χ0n) is 18.4. The Morgan fingerprint density at radius 2 is 1.69 bits per heavy atom. The number of hydrogen-bond acceptors (Lipinski definition) is 7. The number of benzene rings is 2. The molecule has 0 saturated carbocycles. The zero-order valence-corrected chi connectivity index (χ0v) is 18.4. The molecule has 0 spiro atoms. The van der Waals surface area contributed by atoms with Gasteiger partial charge in [-0.25, -0.2) is 0 Å². The average Bonchev–Trinajstić information content (AvgIpc) is 2.75. The van der Waals surface area contributed by atoms with Crippen molar-refractivity contribution in [1.82, 2.24) is 0 Å². The van der Waals surface area contributed by atoms with E-state index >= 15 is 0 Å². The van der Waals surface area contributed by atoms with Gasteiger partial charge in [0.05, 0.1) is 6.10 Å². The number of phenolic OH excluding ortho intramolecular Hbond substituents is 3. The van der Waals surface area contributed by atoms with Gasteiger partial charge in [0, 0.05) is 30.5 Å². The summed E-state index contributed by atoms with van der Waals surface area (Å²) >= 11 is 0. The molecule has 2 aromatic carbocycles. The van der Waals surface area contributed by atoms with Crippen molar-refractivity contribution in [3.05, 3.63) is 41.5 Å². The maximum atomic E-state index is 12.2. The molecular formula is C25H32O7. The second-order valence-electron chi connectivity index (χ2n) is 8.32. The van der Waals surface area contributed by atoms with Gasteiger partial charge >= 0.3 is 5.97 Å². The molecule has 0 bridgehead atoms. The fraction of sp³-hybridized carbons (Fsp3) is 0.480. The van der Waals surface area contributed by atoms with E-state index in [1.807, 2.05) is 0 Å². The second kappa shape index (κ2) is 11.1. The van der Waals surface area contributed by atoms with Crippen LogP contribution in [0.4, 0.5) is 0 Å². The zero-order chi connectivity index (χ0) is 23.1. The Morgan fingerprint density at radius 3 is 2.41 bits per heavy atom. The number of esters is 1. The molecule has 0 fully saturated rings. The van der Waals surface area contributed by atoms with E-state index in [9.17, 15) is 25.2 Å². The van der Waals surface area contributed by atoms with E-state index in [1.54, 1.807) is 6.07 Å². The lowest BCUT2D eigenvalue weighted by atomic mass is 9.94. The number of phenols is 3. The van der Waals surface area contributed by atoms with Gasteiger partial charge < -0.3 is 29.9 Å². The monoisotopic (exact) mass is 444 g/mol. The molecule has 0 amide bonds. The Morgan fingerprint density at radius 1 is 0.969 bits per heavy atom. The standard InChI is InChI=1S/C25H32O7/c1-2-3-4-5-6-7-8-9-24(30)31-17-13-20(27)18-15-22(29)25(32-23(18)14-17)16-10-11-19(26)21(28)12-16/h10-14,22,25-29H,2-9,15H2,1H3. The summed E-state index contributed by atoms with van der Waals surface area (Å²) < 4.78 is 11.3. The van der Waals surface area contributed by atoms with Gasteiger partial charge in [0.1, 0.15) is 23.4 Å². The summed E-state index contributed by atoms with van der Waals surface area (Å²) in [4.78, 5) is 12.2. The van der Waals surface area contributed by atoms with Crippen LogP contribution < -0.4 is 9.47 Å². The van der Waals surface area contributed by atoms with Crippen LogP contribution >= 0.6 is 0 Å². The van der Waals surface area contributed by atoms with E-state index < -0.39 is 12.2 Å². The van der Waals surface area contributed by atoms with Gasteiger partial charge in [-0.3, -0.25) is 4.79 Å². The first-order valence-electron chi connectivity index (χ1n) is 11.3. The maximum absolute atomic E-state index is 12.2. The molecule has 7 heteroatoms. The van der Waals surface area contributed by atoms with Crippen LogP contribution in [0, 0.1) is 0 Å². The van der Waals surface area contributed by atoms with Gasteiger partial charge in [-0.05, 0) is 24.1 Å². The van der Waals surface area contributed by atoms with E-state index in [4.69, 9.17) is 9.47 Å². The highest BCUT2D eigenvalue weighted by Crippen LogP contribution is 2.43. The number of rotatable bonds is 10. The van der Waals surface area contributed by atoms with Crippen LogP contribution in [0.15, 0.2) is 30.3 Å². The van der Waals surface area contributed by atoms with Crippen molar-refractivity contribution in [1.29, 1.82) is 0 Å². The van der Waals surface area contributed by atoms with E-state index in [0.29, 0.717) is 23.3 Å². The normalized spacial score (nSPS) is 17.4. The molecule has 32 heavy (non-hydrogen) atoms. The Balaban J connectivity index is 1.61. The van der Waals surface area contributed by atoms with Crippen molar-refractivity contribution >= 4 is 5.97 Å². The minimum atomic E-state index is -0.969. The minimum absolute atomic E-state index is 0.118. The fourth-order valence-electron chi connectivity index (χ4n) is 3.92. The molecule has 1 heterocycles. The Labute approximate surface area is 188 Å². The van der Waals surface area contributed by atoms with Gasteiger partial charge in [-0.15, -0.1) is 0 Å². The number of aromatic hydroxyl groups is 3. The molecule has 0 aliphatic carbocycles. The van der Waals surface area contributed by atoms with Crippen LogP contribution in [0.25, 0.3) is 0 Å². The predicted molar refractivity (Wildman–Crippen MR) is 119 cm³/mol. The highest BCUT2D eigenvalue weighted by Gasteiger charge is 2.32. The first-order valence-corrected chi connectivity index (χ1v) is 11.3. The SMILES string of the molecule is CCCCCCCCCC(=O)Oc1cc(O)c2c(c1)OC(c1ccc(O)c(O)c1)C(O)C2. The topological polar surface area (TPSA) is 116 Å². The highest BCUT2D eigenvalue weighted by atomic mass is 16.5. The number of fused-ring (bicyclic) bond motifs is 1. The van der Waals surface area contributed by atoms with Crippen molar-refractivity contribution in [2.24, 2.45) is 0 Å². The summed E-state index contributed by atoms with van der Waals surface area (Å²) in [5.41, 5.74) is 0.892. The molecule has 0 saturated heterocycles. The minimum Gasteiger partial charge on any atom is -0.507 e. The number of aliphatic hydroxyl groups excluding tert-OH is 1. The predicted octanol–water partition coefficient (Wildman–Crippen LogP) is 4.89. The summed E-state index contributed by atoms with van der Waals surface area (Å²) in [5.74, 6) is -0.599. The van der Waals surface area contributed by atoms with Crippen LogP contribution in [0.1, 0.15) is 75.5 Å². The molecular weight excluding hydrogens is 412 g/mol. The van der Waals surface area contributed by atoms with Gasteiger partial charge in [0.25, 0.3) is 0 Å². The molecule has 2 unspecified atom stereocenters. The maximum Gasteiger partial charge on any atom is 0.311 e. The molecule has 7 nitrogen and oxygen atoms in total. The van der Waals surface area contributed by atoms with E-state index in [0.717, 1.165) is 19.3 Å². The third-order valence-corrected chi connectivity index (χ3v) is 5.72. The quantitative estimate of drug-likeness (QED) is 0.178. The Kier molecular flexibility index (Phi) is 8.22. The molecule has 1 aliphatic heterocycles. The fourth-order valence-corrected chi connectivity index (χ4v) is 3.92. The molecule has 2 atom stereocenters. The number of aliphatic hydroxyl groups is 1. The van der Waals surface area contributed by atoms with E-state index in [1.165, 1.54) is 49.9 Å². The van der Waals surface area contributed by atoms with Crippen LogP contribution in [-0.4, -0.2) is 32.5 Å². The second-order valence-corrected chi connectivity index (χ2v) is 8.32. The molecule has 2 aromatic rings. The Bertz CT molecular complexity index is 925. The summed E-state index contributed by atoms with van der Waals surface area (Å²) in [6, 6.07) is 7.05. The van der Waals surface area contributed by atoms with Crippen molar-refractivity contribution < 1.29 is 34.7 Å². The van der Waals surface area contributed by atoms with Gasteiger partial charge in [-0.2, -0.15) is 0 Å². The smallest absolute Gasteiger partial charge is 0.311 e. The third-order valence-electron chi connectivity index (χ3n) is 5.72. The molecule has 1 aliphatic rings. The van der Waals surface area contributed by atoms with Crippen molar-refractivity contribution in [2.75, 3.05) is 0 Å². The number of ether oxygens (including phenoxy) is 2. The van der Waals surface area contributed by atoms with Crippen LogP contribution in [0.2, 0.25) is 0 Å². The average molecular weight is 445 g/mol. The summed E-state index contributed by atoms with van der Waals surface area (Å²) in [6.07, 6.45) is 6.37.